The number of aromatic nitrogens is 4. The van der Waals surface area contributed by atoms with Gasteiger partial charge < -0.3 is 16.0 Å². The van der Waals surface area contributed by atoms with Crippen LogP contribution in [-0.4, -0.2) is 32.6 Å². The third kappa shape index (κ3) is 2.91. The lowest BCUT2D eigenvalue weighted by molar-refractivity contribution is 0.487. The standard InChI is InChI=1S/C18H22N6O/c19-9-4-10-20-17-21-11-14-16(23-17)24(18(25)22-14)15-8-3-6-12-5-1-2-7-13(12)15/h1-2,5,7,11,15H,3-4,6,8-10,19H2,(H,22,25)(H,20,21,23)/t15-/m1/s1. The van der Waals surface area contributed by atoms with Gasteiger partial charge in [-0.15, -0.1) is 0 Å². The fourth-order valence-electron chi connectivity index (χ4n) is 3.59. The van der Waals surface area contributed by atoms with Crippen molar-refractivity contribution in [2.45, 2.75) is 31.7 Å². The third-order valence-corrected chi connectivity index (χ3v) is 4.77. The number of fused-ring (bicyclic) bond motifs is 2. The number of nitrogens with zero attached hydrogens (tertiary/aromatic N) is 3. The van der Waals surface area contributed by atoms with E-state index < -0.39 is 0 Å². The average molecular weight is 338 g/mol. The minimum absolute atomic E-state index is 0.0120. The number of hydrogen-bond acceptors (Lipinski definition) is 5. The minimum Gasteiger partial charge on any atom is -0.354 e. The number of nitrogens with two attached hydrogens (primary N) is 1. The van der Waals surface area contributed by atoms with Gasteiger partial charge in [0.25, 0.3) is 0 Å². The molecule has 2 aromatic heterocycles. The van der Waals surface area contributed by atoms with Crippen LogP contribution < -0.4 is 16.7 Å². The van der Waals surface area contributed by atoms with Crippen LogP contribution in [0.25, 0.3) is 11.2 Å². The van der Waals surface area contributed by atoms with Crippen LogP contribution in [0.5, 0.6) is 0 Å². The van der Waals surface area contributed by atoms with Crippen molar-refractivity contribution in [1.29, 1.82) is 0 Å². The van der Waals surface area contributed by atoms with Crippen molar-refractivity contribution in [1.82, 2.24) is 19.5 Å². The van der Waals surface area contributed by atoms with Crippen molar-refractivity contribution < 1.29 is 0 Å². The van der Waals surface area contributed by atoms with Crippen LogP contribution in [-0.2, 0) is 6.42 Å². The Morgan fingerprint density at radius 1 is 1.36 bits per heavy atom. The van der Waals surface area contributed by atoms with Gasteiger partial charge >= 0.3 is 5.69 Å². The van der Waals surface area contributed by atoms with Gasteiger partial charge in [-0.2, -0.15) is 4.98 Å². The summed E-state index contributed by atoms with van der Waals surface area (Å²) in [4.78, 5) is 24.4. The number of aromatic amines is 1. The van der Waals surface area contributed by atoms with Crippen molar-refractivity contribution in [3.63, 3.8) is 0 Å². The van der Waals surface area contributed by atoms with Gasteiger partial charge in [-0.3, -0.25) is 4.57 Å². The molecule has 1 aromatic carbocycles. The van der Waals surface area contributed by atoms with Gasteiger partial charge in [0.05, 0.1) is 12.2 Å². The molecule has 0 saturated carbocycles. The number of aryl methyl sites for hydroxylation is 1. The summed E-state index contributed by atoms with van der Waals surface area (Å²) < 4.78 is 1.78. The van der Waals surface area contributed by atoms with Crippen LogP contribution >= 0.6 is 0 Å². The van der Waals surface area contributed by atoms with Crippen LogP contribution in [0.3, 0.4) is 0 Å². The lowest BCUT2D eigenvalue weighted by Gasteiger charge is -2.26. The Labute approximate surface area is 145 Å². The number of rotatable bonds is 5. The van der Waals surface area contributed by atoms with E-state index in [1.165, 1.54) is 11.1 Å². The van der Waals surface area contributed by atoms with Gasteiger partial charge in [0.15, 0.2) is 5.65 Å². The lowest BCUT2D eigenvalue weighted by atomic mass is 9.87. The van der Waals surface area contributed by atoms with Crippen molar-refractivity contribution >= 4 is 17.1 Å². The molecule has 0 unspecified atom stereocenters. The van der Waals surface area contributed by atoms with E-state index >= 15 is 0 Å². The molecule has 3 aromatic rings. The van der Waals surface area contributed by atoms with E-state index in [2.05, 4.69) is 38.5 Å². The van der Waals surface area contributed by atoms with E-state index in [-0.39, 0.29) is 11.7 Å². The predicted molar refractivity (Wildman–Crippen MR) is 97.8 cm³/mol. The van der Waals surface area contributed by atoms with Crippen LogP contribution in [0.4, 0.5) is 5.95 Å². The molecule has 130 valence electrons. The van der Waals surface area contributed by atoms with E-state index in [0.717, 1.165) is 25.7 Å². The molecular weight excluding hydrogens is 316 g/mol. The number of anilines is 1. The largest absolute Gasteiger partial charge is 0.354 e. The molecule has 1 aliphatic carbocycles. The van der Waals surface area contributed by atoms with Crippen LogP contribution in [0.2, 0.25) is 0 Å². The Balaban J connectivity index is 1.78. The average Bonchev–Trinajstić information content (AvgIpc) is 2.96. The molecule has 2 heterocycles. The van der Waals surface area contributed by atoms with Gasteiger partial charge in [-0.05, 0) is 43.4 Å². The Kier molecular flexibility index (Phi) is 4.23. The molecule has 1 atom stereocenters. The van der Waals surface area contributed by atoms with Gasteiger partial charge in [0.1, 0.15) is 5.52 Å². The molecule has 4 rings (SSSR count). The molecule has 0 radical (unpaired) electrons. The molecule has 7 heteroatoms. The molecule has 0 spiro atoms. The molecular formula is C18H22N6O. The first kappa shape index (κ1) is 15.8. The summed E-state index contributed by atoms with van der Waals surface area (Å²) in [5.74, 6) is 0.526. The number of benzene rings is 1. The monoisotopic (exact) mass is 338 g/mol. The molecule has 4 N–H and O–H groups in total. The normalized spacial score (nSPS) is 16.8. The molecule has 0 saturated heterocycles. The maximum atomic E-state index is 12.6. The van der Waals surface area contributed by atoms with Crippen molar-refractivity contribution in [2.24, 2.45) is 5.73 Å². The van der Waals surface area contributed by atoms with E-state index in [0.29, 0.717) is 30.2 Å². The predicted octanol–water partition coefficient (Wildman–Crippen LogP) is 1.81. The molecule has 1 aliphatic rings. The number of nitrogens with one attached hydrogen (secondary N) is 2. The molecule has 0 bridgehead atoms. The second-order valence-corrected chi connectivity index (χ2v) is 6.41. The van der Waals surface area contributed by atoms with Gasteiger partial charge in [-0.25, -0.2) is 9.78 Å². The topological polar surface area (TPSA) is 102 Å². The Morgan fingerprint density at radius 2 is 2.24 bits per heavy atom. The first-order valence-corrected chi connectivity index (χ1v) is 8.77. The minimum atomic E-state index is -0.134. The highest BCUT2D eigenvalue weighted by Crippen LogP contribution is 2.33. The van der Waals surface area contributed by atoms with Crippen LogP contribution in [0, 0.1) is 0 Å². The highest BCUT2D eigenvalue weighted by atomic mass is 16.1. The van der Waals surface area contributed by atoms with Crippen molar-refractivity contribution in [2.75, 3.05) is 18.4 Å². The number of hydrogen-bond donors (Lipinski definition) is 3. The second-order valence-electron chi connectivity index (χ2n) is 6.41. The Morgan fingerprint density at radius 3 is 3.12 bits per heavy atom. The highest BCUT2D eigenvalue weighted by Gasteiger charge is 2.25. The Hall–Kier alpha value is -2.67. The van der Waals surface area contributed by atoms with Crippen molar-refractivity contribution in [3.8, 4) is 0 Å². The molecule has 0 amide bonds. The molecule has 7 nitrogen and oxygen atoms in total. The smallest absolute Gasteiger partial charge is 0.328 e. The van der Waals surface area contributed by atoms with Gasteiger partial charge in [0, 0.05) is 6.54 Å². The van der Waals surface area contributed by atoms with E-state index in [9.17, 15) is 4.79 Å². The van der Waals surface area contributed by atoms with Crippen LogP contribution in [0.15, 0.2) is 35.3 Å². The van der Waals surface area contributed by atoms with E-state index in [1.807, 2.05) is 6.07 Å². The molecule has 25 heavy (non-hydrogen) atoms. The second kappa shape index (κ2) is 6.68. The zero-order valence-electron chi connectivity index (χ0n) is 14.0. The number of H-pyrrole nitrogens is 1. The first-order chi connectivity index (χ1) is 12.3. The van der Waals surface area contributed by atoms with Crippen LogP contribution in [0.1, 0.15) is 36.4 Å². The van der Waals surface area contributed by atoms with Gasteiger partial charge in [-0.1, -0.05) is 24.3 Å². The summed E-state index contributed by atoms with van der Waals surface area (Å²) in [6.45, 7) is 1.33. The number of imidazole rings is 1. The summed E-state index contributed by atoms with van der Waals surface area (Å²) in [6.07, 6.45) is 5.57. The Bertz CT molecular complexity index is 944. The van der Waals surface area contributed by atoms with Crippen molar-refractivity contribution in [3.05, 3.63) is 52.1 Å². The fraction of sp³-hybridized carbons (Fsp3) is 0.389. The maximum absolute atomic E-state index is 12.6. The summed E-state index contributed by atoms with van der Waals surface area (Å²) in [5, 5.41) is 3.16. The van der Waals surface area contributed by atoms with E-state index in [1.54, 1.807) is 10.8 Å². The summed E-state index contributed by atoms with van der Waals surface area (Å²) in [5.41, 5.74) is 9.23. The zero-order chi connectivity index (χ0) is 17.2. The lowest BCUT2D eigenvalue weighted by Crippen LogP contribution is -2.26. The SMILES string of the molecule is NCCCNc1ncc2[nH]c(=O)n([C@@H]3CCCc4ccccc43)c2n1. The van der Waals surface area contributed by atoms with E-state index in [4.69, 9.17) is 5.73 Å². The maximum Gasteiger partial charge on any atom is 0.328 e. The molecule has 0 fully saturated rings. The van der Waals surface area contributed by atoms with Gasteiger partial charge in [0.2, 0.25) is 5.95 Å². The zero-order valence-corrected chi connectivity index (χ0v) is 14.0. The summed E-state index contributed by atoms with van der Waals surface area (Å²) >= 11 is 0. The highest BCUT2D eigenvalue weighted by molar-refractivity contribution is 5.71. The first-order valence-electron chi connectivity index (χ1n) is 8.77. The quantitative estimate of drug-likeness (QED) is 0.616. The fourth-order valence-corrected chi connectivity index (χ4v) is 3.59. The molecule has 0 aliphatic heterocycles. The summed E-state index contributed by atoms with van der Waals surface area (Å²) in [6, 6.07) is 8.37. The third-order valence-electron chi connectivity index (χ3n) is 4.77. The summed E-state index contributed by atoms with van der Waals surface area (Å²) in [7, 11) is 0.